The summed E-state index contributed by atoms with van der Waals surface area (Å²) in [7, 11) is 1.66. The molecule has 0 bridgehead atoms. The third kappa shape index (κ3) is 3.11. The maximum atomic E-state index is 6.08. The van der Waals surface area contributed by atoms with Gasteiger partial charge in [-0.1, -0.05) is 30.3 Å². The monoisotopic (exact) mass is 276 g/mol. The predicted octanol–water partition coefficient (Wildman–Crippen LogP) is 3.82. The lowest BCUT2D eigenvalue weighted by molar-refractivity contribution is 0.129. The number of methoxy groups -OCH3 is 1. The Morgan fingerprint density at radius 2 is 1.89 bits per heavy atom. The van der Waals surface area contributed by atoms with Gasteiger partial charge in [0.2, 0.25) is 0 Å². The summed E-state index contributed by atoms with van der Waals surface area (Å²) in [5, 5.41) is -0.0910. The Bertz CT molecular complexity index is 543. The zero-order valence-corrected chi connectivity index (χ0v) is 12.1. The van der Waals surface area contributed by atoms with Crippen molar-refractivity contribution in [3.63, 3.8) is 0 Å². The highest BCUT2D eigenvalue weighted by molar-refractivity contribution is 6.20. The van der Waals surface area contributed by atoms with Crippen LogP contribution in [0.3, 0.4) is 0 Å². The van der Waals surface area contributed by atoms with E-state index in [4.69, 9.17) is 16.3 Å². The average Bonchev–Trinajstić information content (AvgIpc) is 2.40. The number of hydrogen-bond donors (Lipinski definition) is 0. The minimum Gasteiger partial charge on any atom is -0.369 e. The lowest BCUT2D eigenvalue weighted by atomic mass is 10.1. The van der Waals surface area contributed by atoms with Crippen LogP contribution >= 0.6 is 11.6 Å². The van der Waals surface area contributed by atoms with Gasteiger partial charge < -0.3 is 4.74 Å². The molecule has 2 rings (SSSR count). The Hall–Kier alpha value is -1.45. The topological polar surface area (TPSA) is 35.0 Å². The van der Waals surface area contributed by atoms with Gasteiger partial charge in [-0.2, -0.15) is 0 Å². The molecule has 4 heteroatoms. The summed E-state index contributed by atoms with van der Waals surface area (Å²) >= 11 is 6.08. The maximum Gasteiger partial charge on any atom is 0.162 e. The van der Waals surface area contributed by atoms with Crippen molar-refractivity contribution in [2.24, 2.45) is 0 Å². The SMILES string of the molecule is COC(c1ccccc1)c1ncc(C(C)Cl)c(C)n1. The van der Waals surface area contributed by atoms with Crippen molar-refractivity contribution in [1.29, 1.82) is 0 Å². The fraction of sp³-hybridized carbons (Fsp3) is 0.333. The Morgan fingerprint density at radius 3 is 2.42 bits per heavy atom. The average molecular weight is 277 g/mol. The molecular weight excluding hydrogens is 260 g/mol. The first-order valence-corrected chi connectivity index (χ1v) is 6.62. The highest BCUT2D eigenvalue weighted by Gasteiger charge is 2.18. The number of aromatic nitrogens is 2. The molecule has 0 fully saturated rings. The quantitative estimate of drug-likeness (QED) is 0.796. The summed E-state index contributed by atoms with van der Waals surface area (Å²) < 4.78 is 5.52. The van der Waals surface area contributed by atoms with Crippen LogP contribution in [0.2, 0.25) is 0 Å². The zero-order valence-electron chi connectivity index (χ0n) is 11.3. The van der Waals surface area contributed by atoms with E-state index in [9.17, 15) is 0 Å². The van der Waals surface area contributed by atoms with Crippen LogP contribution in [0, 0.1) is 6.92 Å². The second kappa shape index (κ2) is 6.13. The van der Waals surface area contributed by atoms with E-state index in [0.29, 0.717) is 5.82 Å². The van der Waals surface area contributed by atoms with Crippen molar-refractivity contribution in [2.75, 3.05) is 7.11 Å². The van der Waals surface area contributed by atoms with Crippen LogP contribution in [0.15, 0.2) is 36.5 Å². The number of aryl methyl sites for hydroxylation is 1. The van der Waals surface area contributed by atoms with Crippen molar-refractivity contribution in [3.05, 3.63) is 59.2 Å². The second-order valence-corrected chi connectivity index (χ2v) is 5.07. The first kappa shape index (κ1) is 14.0. The van der Waals surface area contributed by atoms with E-state index in [-0.39, 0.29) is 11.5 Å². The molecule has 0 aliphatic heterocycles. The molecule has 0 aliphatic carbocycles. The Kier molecular flexibility index (Phi) is 4.51. The molecule has 19 heavy (non-hydrogen) atoms. The lowest BCUT2D eigenvalue weighted by Crippen LogP contribution is -2.10. The van der Waals surface area contributed by atoms with Gasteiger partial charge in [0.05, 0.1) is 5.38 Å². The van der Waals surface area contributed by atoms with Crippen LogP contribution in [-0.4, -0.2) is 17.1 Å². The van der Waals surface area contributed by atoms with Gasteiger partial charge in [-0.25, -0.2) is 9.97 Å². The minimum atomic E-state index is -0.250. The predicted molar refractivity (Wildman–Crippen MR) is 76.3 cm³/mol. The number of alkyl halides is 1. The molecule has 2 aromatic rings. The van der Waals surface area contributed by atoms with Crippen LogP contribution in [0.4, 0.5) is 0 Å². The molecule has 2 atom stereocenters. The summed E-state index contributed by atoms with van der Waals surface area (Å²) in [6.45, 7) is 3.86. The van der Waals surface area contributed by atoms with Gasteiger partial charge in [-0.3, -0.25) is 0 Å². The molecule has 1 aromatic carbocycles. The van der Waals surface area contributed by atoms with Crippen LogP contribution in [0.1, 0.15) is 41.1 Å². The van der Waals surface area contributed by atoms with Crippen molar-refractivity contribution in [1.82, 2.24) is 9.97 Å². The first-order chi connectivity index (χ1) is 9.13. The summed E-state index contributed by atoms with van der Waals surface area (Å²) in [4.78, 5) is 8.91. The standard InChI is InChI=1S/C15H17ClN2O/c1-10(16)13-9-17-15(18-11(13)2)14(19-3)12-7-5-4-6-8-12/h4-10,14H,1-3H3. The van der Waals surface area contributed by atoms with Gasteiger partial charge >= 0.3 is 0 Å². The zero-order chi connectivity index (χ0) is 13.8. The molecule has 0 radical (unpaired) electrons. The van der Waals surface area contributed by atoms with Crippen molar-refractivity contribution in [3.8, 4) is 0 Å². The Labute approximate surface area is 118 Å². The van der Waals surface area contributed by atoms with Crippen LogP contribution in [0.25, 0.3) is 0 Å². The molecule has 0 aliphatic rings. The van der Waals surface area contributed by atoms with E-state index in [0.717, 1.165) is 16.8 Å². The molecule has 0 saturated heterocycles. The summed E-state index contributed by atoms with van der Waals surface area (Å²) in [6, 6.07) is 9.93. The third-order valence-corrected chi connectivity index (χ3v) is 3.27. The van der Waals surface area contributed by atoms with Crippen molar-refractivity contribution >= 4 is 11.6 Å². The molecule has 0 saturated carbocycles. The number of nitrogens with zero attached hydrogens (tertiary/aromatic N) is 2. The van der Waals surface area contributed by atoms with Crippen molar-refractivity contribution in [2.45, 2.75) is 25.3 Å². The number of ether oxygens (including phenoxy) is 1. The smallest absolute Gasteiger partial charge is 0.162 e. The maximum absolute atomic E-state index is 6.08. The molecule has 1 heterocycles. The number of benzene rings is 1. The van der Waals surface area contributed by atoms with Gasteiger partial charge in [0.25, 0.3) is 0 Å². The molecule has 1 aromatic heterocycles. The van der Waals surface area contributed by atoms with Gasteiger partial charge in [-0.15, -0.1) is 11.6 Å². The number of hydrogen-bond acceptors (Lipinski definition) is 3. The lowest BCUT2D eigenvalue weighted by Gasteiger charge is -2.16. The van der Waals surface area contributed by atoms with Gasteiger partial charge in [0, 0.05) is 24.6 Å². The summed E-state index contributed by atoms with van der Waals surface area (Å²) in [6.07, 6.45) is 1.53. The fourth-order valence-corrected chi connectivity index (χ4v) is 2.24. The first-order valence-electron chi connectivity index (χ1n) is 6.18. The Morgan fingerprint density at radius 1 is 1.21 bits per heavy atom. The van der Waals surface area contributed by atoms with Crippen LogP contribution < -0.4 is 0 Å². The Balaban J connectivity index is 2.37. The largest absolute Gasteiger partial charge is 0.369 e. The molecular formula is C15H17ClN2O. The van der Waals surface area contributed by atoms with Gasteiger partial charge in [-0.05, 0) is 19.4 Å². The molecule has 3 nitrogen and oxygen atoms in total. The molecule has 0 amide bonds. The third-order valence-electron chi connectivity index (χ3n) is 3.04. The second-order valence-electron chi connectivity index (χ2n) is 4.41. The highest BCUT2D eigenvalue weighted by atomic mass is 35.5. The van der Waals surface area contributed by atoms with E-state index in [1.165, 1.54) is 0 Å². The number of rotatable bonds is 4. The van der Waals surface area contributed by atoms with E-state index in [1.807, 2.05) is 44.2 Å². The van der Waals surface area contributed by atoms with Gasteiger partial charge in [0.15, 0.2) is 5.82 Å². The molecule has 100 valence electrons. The number of halogens is 1. The van der Waals surface area contributed by atoms with E-state index in [2.05, 4.69) is 9.97 Å². The molecule has 0 spiro atoms. The van der Waals surface area contributed by atoms with Crippen LogP contribution in [-0.2, 0) is 4.74 Å². The molecule has 0 N–H and O–H groups in total. The fourth-order valence-electron chi connectivity index (χ4n) is 2.03. The summed E-state index contributed by atoms with van der Waals surface area (Å²) in [5.74, 6) is 0.660. The highest BCUT2D eigenvalue weighted by Crippen LogP contribution is 2.25. The van der Waals surface area contributed by atoms with Crippen LogP contribution in [0.5, 0.6) is 0 Å². The van der Waals surface area contributed by atoms with E-state index < -0.39 is 0 Å². The normalized spacial score (nSPS) is 14.1. The van der Waals surface area contributed by atoms with E-state index >= 15 is 0 Å². The van der Waals surface area contributed by atoms with Crippen molar-refractivity contribution < 1.29 is 4.74 Å². The van der Waals surface area contributed by atoms with Gasteiger partial charge in [0.1, 0.15) is 6.10 Å². The summed E-state index contributed by atoms with van der Waals surface area (Å²) in [5.41, 5.74) is 2.88. The minimum absolute atomic E-state index is 0.0910. The molecule has 2 unspecified atom stereocenters. The van der Waals surface area contributed by atoms with E-state index in [1.54, 1.807) is 13.3 Å².